The molecule has 1 aromatic rings. The zero-order valence-corrected chi connectivity index (χ0v) is 9.55. The highest BCUT2D eigenvalue weighted by Gasteiger charge is 2.18. The Labute approximate surface area is 97.6 Å². The van der Waals surface area contributed by atoms with Gasteiger partial charge in [-0.2, -0.15) is 0 Å². The average Bonchev–Trinajstić information content (AvgIpc) is 2.17. The second kappa shape index (κ2) is 5.35. The third kappa shape index (κ3) is 3.09. The van der Waals surface area contributed by atoms with Gasteiger partial charge in [0, 0.05) is 15.6 Å². The Morgan fingerprint density at radius 2 is 2.00 bits per heavy atom. The van der Waals surface area contributed by atoms with Crippen LogP contribution in [-0.4, -0.2) is 18.2 Å². The average molecular weight is 249 g/mol. The van der Waals surface area contributed by atoms with Gasteiger partial charge >= 0.3 is 5.97 Å². The maximum Gasteiger partial charge on any atom is 0.308 e. The van der Waals surface area contributed by atoms with Crippen LogP contribution in [0.5, 0.6) is 0 Å². The number of halogens is 2. The molecule has 0 spiro atoms. The summed E-state index contributed by atoms with van der Waals surface area (Å²) in [6, 6.07) is 4.87. The van der Waals surface area contributed by atoms with Crippen LogP contribution in [0, 0.1) is 0 Å². The lowest BCUT2D eigenvalue weighted by molar-refractivity contribution is -0.142. The molecule has 0 aliphatic rings. The van der Waals surface area contributed by atoms with Crippen LogP contribution in [0.2, 0.25) is 10.0 Å². The fourth-order valence-corrected chi connectivity index (χ4v) is 1.82. The maximum atomic E-state index is 10.9. The fourth-order valence-electron chi connectivity index (χ4n) is 1.17. The number of hydrogen-bond acceptors (Lipinski definition) is 3. The first-order valence-electron chi connectivity index (χ1n) is 4.25. The molecule has 0 amide bonds. The Balaban J connectivity index is 2.90. The Hall–Kier alpha value is -0.770. The van der Waals surface area contributed by atoms with Gasteiger partial charge in [0.15, 0.2) is 0 Å². The fraction of sp³-hybridized carbons (Fsp3) is 0.300. The third-order valence-corrected chi connectivity index (χ3v) is 2.58. The summed E-state index contributed by atoms with van der Waals surface area (Å²) in [7, 11) is 1.25. The van der Waals surface area contributed by atoms with Crippen molar-refractivity contribution < 1.29 is 14.6 Å². The molecule has 82 valence electrons. The summed E-state index contributed by atoms with van der Waals surface area (Å²) in [6.45, 7) is 0. The first kappa shape index (κ1) is 12.3. The topological polar surface area (TPSA) is 46.5 Å². The van der Waals surface area contributed by atoms with Gasteiger partial charge in [0.25, 0.3) is 0 Å². The molecular weight excluding hydrogens is 239 g/mol. The van der Waals surface area contributed by atoms with Crippen LogP contribution in [-0.2, 0) is 9.53 Å². The molecule has 1 N–H and O–H groups in total. The van der Waals surface area contributed by atoms with Crippen LogP contribution in [0.4, 0.5) is 0 Å². The molecule has 0 saturated heterocycles. The van der Waals surface area contributed by atoms with Gasteiger partial charge < -0.3 is 9.84 Å². The predicted molar refractivity (Wildman–Crippen MR) is 58.1 cm³/mol. The number of benzene rings is 1. The lowest BCUT2D eigenvalue weighted by Crippen LogP contribution is -2.08. The smallest absolute Gasteiger partial charge is 0.308 e. The molecule has 0 aromatic heterocycles. The van der Waals surface area contributed by atoms with E-state index in [1.165, 1.54) is 7.11 Å². The van der Waals surface area contributed by atoms with Crippen LogP contribution in [0.15, 0.2) is 18.2 Å². The van der Waals surface area contributed by atoms with Gasteiger partial charge in [0.2, 0.25) is 0 Å². The second-order valence-corrected chi connectivity index (χ2v) is 3.75. The summed E-state index contributed by atoms with van der Waals surface area (Å²) < 4.78 is 4.44. The zero-order valence-electron chi connectivity index (χ0n) is 8.04. The number of carbonyl (C=O) groups is 1. The van der Waals surface area contributed by atoms with Crippen LogP contribution in [0.3, 0.4) is 0 Å². The molecule has 0 aliphatic heterocycles. The molecule has 0 aliphatic carbocycles. The predicted octanol–water partition coefficient (Wildman–Crippen LogP) is 2.59. The lowest BCUT2D eigenvalue weighted by Gasteiger charge is -2.12. The summed E-state index contributed by atoms with van der Waals surface area (Å²) in [5.41, 5.74) is 0.353. The van der Waals surface area contributed by atoms with Crippen LogP contribution >= 0.6 is 23.2 Å². The van der Waals surface area contributed by atoms with Crippen molar-refractivity contribution in [2.45, 2.75) is 12.5 Å². The summed E-state index contributed by atoms with van der Waals surface area (Å²) in [6.07, 6.45) is -1.21. The number of aliphatic hydroxyl groups is 1. The molecule has 0 fully saturated rings. The number of esters is 1. The highest BCUT2D eigenvalue weighted by Crippen LogP contribution is 2.31. The first-order chi connectivity index (χ1) is 7.06. The second-order valence-electron chi connectivity index (χ2n) is 2.93. The Kier molecular flexibility index (Phi) is 4.39. The number of rotatable bonds is 3. The van der Waals surface area contributed by atoms with Gasteiger partial charge in [-0.05, 0) is 12.1 Å². The first-order valence-corrected chi connectivity index (χ1v) is 5.00. The largest absolute Gasteiger partial charge is 0.469 e. The SMILES string of the molecule is COC(=O)CC(O)c1c(Cl)cccc1Cl. The van der Waals surface area contributed by atoms with E-state index in [-0.39, 0.29) is 6.42 Å². The number of aliphatic hydroxyl groups excluding tert-OH is 1. The standard InChI is InChI=1S/C10H10Cl2O3/c1-15-9(14)5-8(13)10-6(11)3-2-4-7(10)12/h2-4,8,13H,5H2,1H3. The maximum absolute atomic E-state index is 10.9. The lowest BCUT2D eigenvalue weighted by atomic mass is 10.1. The number of hydrogen-bond donors (Lipinski definition) is 1. The van der Waals surface area contributed by atoms with Crippen molar-refractivity contribution in [3.63, 3.8) is 0 Å². The molecule has 1 rings (SSSR count). The van der Waals surface area contributed by atoms with E-state index in [4.69, 9.17) is 23.2 Å². The van der Waals surface area contributed by atoms with Crippen molar-refractivity contribution in [3.8, 4) is 0 Å². The van der Waals surface area contributed by atoms with E-state index in [9.17, 15) is 9.90 Å². The third-order valence-electron chi connectivity index (χ3n) is 1.92. The van der Waals surface area contributed by atoms with Gasteiger partial charge in [0.1, 0.15) is 0 Å². The van der Waals surface area contributed by atoms with E-state index in [1.807, 2.05) is 0 Å². The van der Waals surface area contributed by atoms with E-state index in [0.717, 1.165) is 0 Å². The molecule has 0 radical (unpaired) electrons. The normalized spacial score (nSPS) is 12.3. The van der Waals surface area contributed by atoms with Gasteiger partial charge in [-0.15, -0.1) is 0 Å². The Morgan fingerprint density at radius 1 is 1.47 bits per heavy atom. The van der Waals surface area contributed by atoms with Crippen molar-refractivity contribution in [1.29, 1.82) is 0 Å². The summed E-state index contributed by atoms with van der Waals surface area (Å²) in [5.74, 6) is -0.515. The Morgan fingerprint density at radius 3 is 2.47 bits per heavy atom. The Bertz CT molecular complexity index is 345. The molecule has 3 nitrogen and oxygen atoms in total. The summed E-state index contributed by atoms with van der Waals surface area (Å²) in [5, 5.41) is 10.4. The van der Waals surface area contributed by atoms with E-state index >= 15 is 0 Å². The van der Waals surface area contributed by atoms with Gasteiger partial charge in [0.05, 0.1) is 19.6 Å². The minimum atomic E-state index is -1.04. The highest BCUT2D eigenvalue weighted by molar-refractivity contribution is 6.36. The van der Waals surface area contributed by atoms with Crippen molar-refractivity contribution in [1.82, 2.24) is 0 Å². The van der Waals surface area contributed by atoms with Crippen molar-refractivity contribution in [3.05, 3.63) is 33.8 Å². The van der Waals surface area contributed by atoms with E-state index in [2.05, 4.69) is 4.74 Å². The van der Waals surface area contributed by atoms with E-state index in [0.29, 0.717) is 15.6 Å². The van der Waals surface area contributed by atoms with Crippen LogP contribution in [0.1, 0.15) is 18.1 Å². The van der Waals surface area contributed by atoms with E-state index in [1.54, 1.807) is 18.2 Å². The number of ether oxygens (including phenoxy) is 1. The number of methoxy groups -OCH3 is 1. The molecule has 15 heavy (non-hydrogen) atoms. The monoisotopic (exact) mass is 248 g/mol. The van der Waals surface area contributed by atoms with Gasteiger partial charge in [-0.1, -0.05) is 29.3 Å². The van der Waals surface area contributed by atoms with Crippen molar-refractivity contribution >= 4 is 29.2 Å². The molecule has 1 unspecified atom stereocenters. The van der Waals surface area contributed by atoms with Crippen LogP contribution < -0.4 is 0 Å². The van der Waals surface area contributed by atoms with Crippen molar-refractivity contribution in [2.24, 2.45) is 0 Å². The molecular formula is C10H10Cl2O3. The quantitative estimate of drug-likeness (QED) is 0.837. The van der Waals surface area contributed by atoms with E-state index < -0.39 is 12.1 Å². The minimum Gasteiger partial charge on any atom is -0.469 e. The van der Waals surface area contributed by atoms with Gasteiger partial charge in [-0.3, -0.25) is 4.79 Å². The number of carbonyl (C=O) groups excluding carboxylic acids is 1. The summed E-state index contributed by atoms with van der Waals surface area (Å²) >= 11 is 11.7. The van der Waals surface area contributed by atoms with Crippen LogP contribution in [0.25, 0.3) is 0 Å². The molecule has 0 bridgehead atoms. The highest BCUT2D eigenvalue weighted by atomic mass is 35.5. The molecule has 1 aromatic carbocycles. The summed E-state index contributed by atoms with van der Waals surface area (Å²) in [4.78, 5) is 10.9. The zero-order chi connectivity index (χ0) is 11.4. The minimum absolute atomic E-state index is 0.167. The molecule has 1 atom stereocenters. The van der Waals surface area contributed by atoms with Gasteiger partial charge in [-0.25, -0.2) is 0 Å². The van der Waals surface area contributed by atoms with Crippen molar-refractivity contribution in [2.75, 3.05) is 7.11 Å². The molecule has 0 heterocycles. The molecule has 5 heteroatoms. The molecule has 0 saturated carbocycles.